The Hall–Kier alpha value is -3.22. The van der Waals surface area contributed by atoms with Crippen molar-refractivity contribution in [2.24, 2.45) is 0 Å². The summed E-state index contributed by atoms with van der Waals surface area (Å²) in [5, 5.41) is 7.39. The van der Waals surface area contributed by atoms with Gasteiger partial charge in [-0.1, -0.05) is 24.3 Å². The van der Waals surface area contributed by atoms with Crippen LogP contribution in [0.1, 0.15) is 40.9 Å². The van der Waals surface area contributed by atoms with E-state index in [9.17, 15) is 4.79 Å². The van der Waals surface area contributed by atoms with Gasteiger partial charge in [0.05, 0.1) is 6.54 Å². The van der Waals surface area contributed by atoms with E-state index < -0.39 is 5.60 Å². The van der Waals surface area contributed by atoms with E-state index in [1.54, 1.807) is 17.2 Å². The number of fused-ring (bicyclic) bond motifs is 1. The van der Waals surface area contributed by atoms with Gasteiger partial charge in [-0.2, -0.15) is 5.10 Å². The van der Waals surface area contributed by atoms with Crippen LogP contribution in [0.5, 0.6) is 0 Å². The Morgan fingerprint density at radius 3 is 2.88 bits per heavy atom. The zero-order chi connectivity index (χ0) is 18.1. The fourth-order valence-electron chi connectivity index (χ4n) is 3.17. The highest BCUT2D eigenvalue weighted by Gasteiger charge is 2.39. The van der Waals surface area contributed by atoms with Gasteiger partial charge in [0.2, 0.25) is 0 Å². The molecule has 0 bridgehead atoms. The molecule has 1 N–H and O–H groups in total. The van der Waals surface area contributed by atoms with Crippen molar-refractivity contribution in [3.05, 3.63) is 71.4 Å². The minimum atomic E-state index is -0.622. The Morgan fingerprint density at radius 2 is 2.08 bits per heavy atom. The lowest BCUT2D eigenvalue weighted by atomic mass is 9.97. The number of hydrogen-bond donors (Lipinski definition) is 1. The van der Waals surface area contributed by atoms with E-state index in [1.165, 1.54) is 6.33 Å². The van der Waals surface area contributed by atoms with Gasteiger partial charge in [0, 0.05) is 18.3 Å². The second-order valence-corrected chi connectivity index (χ2v) is 6.75. The minimum Gasteiger partial charge on any atom is -0.451 e. The van der Waals surface area contributed by atoms with Gasteiger partial charge in [-0.05, 0) is 31.0 Å². The Morgan fingerprint density at radius 1 is 1.23 bits per heavy atom. The number of carbonyl (C=O) groups is 1. The first-order valence-electron chi connectivity index (χ1n) is 8.40. The molecule has 0 aliphatic carbocycles. The molecule has 132 valence electrons. The smallest absolute Gasteiger partial charge is 0.343 e. The number of ether oxygens (including phenoxy) is 1. The van der Waals surface area contributed by atoms with Crippen LogP contribution in [-0.4, -0.2) is 25.7 Å². The Kier molecular flexibility index (Phi) is 3.91. The summed E-state index contributed by atoms with van der Waals surface area (Å²) in [6.45, 7) is 4.98. The van der Waals surface area contributed by atoms with Gasteiger partial charge in [0.1, 0.15) is 29.6 Å². The van der Waals surface area contributed by atoms with Gasteiger partial charge < -0.3 is 10.1 Å². The Labute approximate surface area is 151 Å². The molecule has 2 aromatic heterocycles. The first kappa shape index (κ1) is 16.3. The Bertz CT molecular complexity index is 950. The summed E-state index contributed by atoms with van der Waals surface area (Å²) in [7, 11) is 0. The maximum atomic E-state index is 12.2. The second-order valence-electron chi connectivity index (χ2n) is 6.75. The molecule has 0 atom stereocenters. The summed E-state index contributed by atoms with van der Waals surface area (Å²) in [4.78, 5) is 20.5. The van der Waals surface area contributed by atoms with Gasteiger partial charge in [-0.15, -0.1) is 0 Å². The molecule has 0 saturated heterocycles. The highest BCUT2D eigenvalue weighted by molar-refractivity contribution is 5.99. The number of nitrogens with one attached hydrogen (secondary N) is 1. The van der Waals surface area contributed by atoms with Crippen LogP contribution in [0.4, 0.5) is 5.82 Å². The molecule has 0 amide bonds. The molecule has 3 heterocycles. The van der Waals surface area contributed by atoms with Gasteiger partial charge in [-0.25, -0.2) is 19.4 Å². The summed E-state index contributed by atoms with van der Waals surface area (Å²) in [6.07, 6.45) is 4.91. The zero-order valence-electron chi connectivity index (χ0n) is 14.6. The SMILES string of the molecule is CC1(C)OC(=O)c2c1ccnc2NCc1cccc(Cn2cncn2)c1. The summed E-state index contributed by atoms with van der Waals surface area (Å²) >= 11 is 0. The molecule has 0 spiro atoms. The van der Waals surface area contributed by atoms with E-state index in [4.69, 9.17) is 4.74 Å². The van der Waals surface area contributed by atoms with Crippen molar-refractivity contribution >= 4 is 11.8 Å². The maximum Gasteiger partial charge on any atom is 0.343 e. The third-order valence-corrected chi connectivity index (χ3v) is 4.41. The molecule has 3 aromatic rings. The summed E-state index contributed by atoms with van der Waals surface area (Å²) in [5.41, 5.74) is 2.98. The van der Waals surface area contributed by atoms with Crippen molar-refractivity contribution in [3.63, 3.8) is 0 Å². The van der Waals surface area contributed by atoms with Crippen molar-refractivity contribution in [3.8, 4) is 0 Å². The molecule has 0 unspecified atom stereocenters. The lowest BCUT2D eigenvalue weighted by Gasteiger charge is -2.17. The van der Waals surface area contributed by atoms with E-state index in [2.05, 4.69) is 26.4 Å². The predicted octanol–water partition coefficient (Wildman–Crippen LogP) is 2.74. The first-order valence-corrected chi connectivity index (χ1v) is 8.40. The van der Waals surface area contributed by atoms with Crippen LogP contribution in [0.15, 0.2) is 49.2 Å². The standard InChI is InChI=1S/C19H19N5O2/c1-19(2)15-6-7-21-17(16(15)18(25)26-19)22-9-13-4-3-5-14(8-13)10-24-12-20-11-23-24/h3-8,11-12H,9-10H2,1-2H3,(H,21,22). The molecule has 1 aromatic carbocycles. The van der Waals surface area contributed by atoms with E-state index >= 15 is 0 Å². The molecular formula is C19H19N5O2. The van der Waals surface area contributed by atoms with Crippen LogP contribution in [0.2, 0.25) is 0 Å². The number of pyridine rings is 1. The Balaban J connectivity index is 1.52. The predicted molar refractivity (Wildman–Crippen MR) is 95.6 cm³/mol. The molecular weight excluding hydrogens is 330 g/mol. The average molecular weight is 349 g/mol. The van der Waals surface area contributed by atoms with Gasteiger partial charge in [-0.3, -0.25) is 0 Å². The fourth-order valence-corrected chi connectivity index (χ4v) is 3.17. The van der Waals surface area contributed by atoms with E-state index in [0.29, 0.717) is 24.5 Å². The van der Waals surface area contributed by atoms with Crippen LogP contribution >= 0.6 is 0 Å². The zero-order valence-corrected chi connectivity index (χ0v) is 14.6. The molecule has 0 saturated carbocycles. The van der Waals surface area contributed by atoms with Crippen LogP contribution < -0.4 is 5.32 Å². The molecule has 1 aliphatic rings. The van der Waals surface area contributed by atoms with Crippen LogP contribution in [0, 0.1) is 0 Å². The summed E-state index contributed by atoms with van der Waals surface area (Å²) in [5.74, 6) is 0.222. The van der Waals surface area contributed by atoms with Gasteiger partial charge in [0.15, 0.2) is 0 Å². The first-order chi connectivity index (χ1) is 12.5. The number of benzene rings is 1. The molecule has 4 rings (SSSR count). The topological polar surface area (TPSA) is 81.9 Å². The van der Waals surface area contributed by atoms with Gasteiger partial charge in [0.25, 0.3) is 0 Å². The summed E-state index contributed by atoms with van der Waals surface area (Å²) < 4.78 is 7.23. The summed E-state index contributed by atoms with van der Waals surface area (Å²) in [6, 6.07) is 10.0. The fraction of sp³-hybridized carbons (Fsp3) is 0.263. The van der Waals surface area contributed by atoms with E-state index in [0.717, 1.165) is 16.7 Å². The van der Waals surface area contributed by atoms with Crippen molar-refractivity contribution in [2.75, 3.05) is 5.32 Å². The normalized spacial score (nSPS) is 14.8. The number of hydrogen-bond acceptors (Lipinski definition) is 6. The molecule has 7 nitrogen and oxygen atoms in total. The van der Waals surface area contributed by atoms with E-state index in [1.807, 2.05) is 38.1 Å². The number of rotatable bonds is 5. The van der Waals surface area contributed by atoms with E-state index in [-0.39, 0.29) is 5.97 Å². The molecule has 26 heavy (non-hydrogen) atoms. The van der Waals surface area contributed by atoms with Crippen molar-refractivity contribution < 1.29 is 9.53 Å². The average Bonchev–Trinajstić information content (AvgIpc) is 3.20. The quantitative estimate of drug-likeness (QED) is 0.713. The number of carbonyl (C=O) groups excluding carboxylic acids is 1. The highest BCUT2D eigenvalue weighted by Crippen LogP contribution is 2.38. The highest BCUT2D eigenvalue weighted by atomic mass is 16.6. The monoisotopic (exact) mass is 349 g/mol. The number of cyclic esters (lactones) is 1. The molecule has 7 heteroatoms. The number of anilines is 1. The van der Waals surface area contributed by atoms with Gasteiger partial charge >= 0.3 is 5.97 Å². The molecule has 0 radical (unpaired) electrons. The number of esters is 1. The number of nitrogens with zero attached hydrogens (tertiary/aromatic N) is 4. The molecule has 1 aliphatic heterocycles. The minimum absolute atomic E-state index is 0.333. The second kappa shape index (κ2) is 6.25. The lowest BCUT2D eigenvalue weighted by molar-refractivity contribution is 0.00958. The van der Waals surface area contributed by atoms with Crippen LogP contribution in [0.3, 0.4) is 0 Å². The third kappa shape index (κ3) is 3.03. The lowest BCUT2D eigenvalue weighted by Crippen LogP contribution is -2.15. The van der Waals surface area contributed by atoms with Crippen LogP contribution in [-0.2, 0) is 23.4 Å². The largest absolute Gasteiger partial charge is 0.451 e. The third-order valence-electron chi connectivity index (χ3n) is 4.41. The van der Waals surface area contributed by atoms with Crippen LogP contribution in [0.25, 0.3) is 0 Å². The maximum absolute atomic E-state index is 12.2. The van der Waals surface area contributed by atoms with Crippen molar-refractivity contribution in [1.29, 1.82) is 0 Å². The number of aromatic nitrogens is 4. The van der Waals surface area contributed by atoms with Crippen molar-refractivity contribution in [2.45, 2.75) is 32.5 Å². The molecule has 0 fully saturated rings. The van der Waals surface area contributed by atoms with Crippen molar-refractivity contribution in [1.82, 2.24) is 19.7 Å².